The van der Waals surface area contributed by atoms with Gasteiger partial charge in [0.2, 0.25) is 0 Å². The largest absolute Gasteiger partial charge is 0.465 e. The highest BCUT2D eigenvalue weighted by molar-refractivity contribution is 5.89. The van der Waals surface area contributed by atoms with Gasteiger partial charge in [-0.1, -0.05) is 36.4 Å². The number of H-pyrrole nitrogens is 1. The van der Waals surface area contributed by atoms with Crippen LogP contribution in [0.3, 0.4) is 0 Å². The van der Waals surface area contributed by atoms with E-state index in [2.05, 4.69) is 40.2 Å². The summed E-state index contributed by atoms with van der Waals surface area (Å²) >= 11 is 0. The Morgan fingerprint density at radius 1 is 1.16 bits per heavy atom. The molecule has 1 aliphatic heterocycles. The SMILES string of the molecule is CCOC(=O)C1CN(c2ccccc2)CCc2c1[nH]c1ccccc21. The quantitative estimate of drug-likeness (QED) is 0.740. The van der Waals surface area contributed by atoms with Gasteiger partial charge in [0, 0.05) is 35.4 Å². The van der Waals surface area contributed by atoms with Crippen LogP contribution >= 0.6 is 0 Å². The van der Waals surface area contributed by atoms with Crippen LogP contribution in [0.4, 0.5) is 5.69 Å². The zero-order valence-corrected chi connectivity index (χ0v) is 14.4. The molecule has 25 heavy (non-hydrogen) atoms. The van der Waals surface area contributed by atoms with E-state index in [1.54, 1.807) is 0 Å². The van der Waals surface area contributed by atoms with Crippen molar-refractivity contribution < 1.29 is 9.53 Å². The molecular weight excluding hydrogens is 312 g/mol. The van der Waals surface area contributed by atoms with E-state index < -0.39 is 0 Å². The Labute approximate surface area is 147 Å². The van der Waals surface area contributed by atoms with Crippen LogP contribution in [0.15, 0.2) is 54.6 Å². The predicted octanol–water partition coefficient (Wildman–Crippen LogP) is 3.88. The molecule has 1 aliphatic rings. The van der Waals surface area contributed by atoms with Crippen LogP contribution in [0.1, 0.15) is 24.1 Å². The zero-order chi connectivity index (χ0) is 17.2. The van der Waals surface area contributed by atoms with Gasteiger partial charge in [0.25, 0.3) is 0 Å². The number of para-hydroxylation sites is 2. The number of hydrogen-bond acceptors (Lipinski definition) is 3. The lowest BCUT2D eigenvalue weighted by molar-refractivity contribution is -0.144. The molecule has 0 radical (unpaired) electrons. The first-order valence-electron chi connectivity index (χ1n) is 8.84. The van der Waals surface area contributed by atoms with Gasteiger partial charge in [-0.15, -0.1) is 0 Å². The summed E-state index contributed by atoms with van der Waals surface area (Å²) in [6.45, 7) is 3.77. The van der Waals surface area contributed by atoms with Crippen LogP contribution < -0.4 is 4.90 Å². The standard InChI is InChI=1S/C21H22N2O2/c1-2-25-21(24)18-14-23(15-8-4-3-5-9-15)13-12-17-16-10-6-7-11-19(16)22-20(17)18/h3-11,18,22H,2,12-14H2,1H3. The van der Waals surface area contributed by atoms with Crippen molar-refractivity contribution in [3.63, 3.8) is 0 Å². The average molecular weight is 334 g/mol. The van der Waals surface area contributed by atoms with Crippen molar-refractivity contribution in [2.45, 2.75) is 19.3 Å². The first-order valence-corrected chi connectivity index (χ1v) is 8.84. The smallest absolute Gasteiger partial charge is 0.316 e. The van der Waals surface area contributed by atoms with Crippen molar-refractivity contribution in [3.8, 4) is 0 Å². The second kappa shape index (κ2) is 6.63. The molecule has 0 saturated carbocycles. The number of nitrogens with one attached hydrogen (secondary N) is 1. The van der Waals surface area contributed by atoms with Gasteiger partial charge < -0.3 is 14.6 Å². The minimum Gasteiger partial charge on any atom is -0.465 e. The maximum absolute atomic E-state index is 12.7. The molecule has 4 rings (SSSR count). The third-order valence-electron chi connectivity index (χ3n) is 4.92. The number of ether oxygens (including phenoxy) is 1. The van der Waals surface area contributed by atoms with Crippen molar-refractivity contribution in [1.29, 1.82) is 0 Å². The van der Waals surface area contributed by atoms with E-state index in [1.807, 2.05) is 31.2 Å². The van der Waals surface area contributed by atoms with E-state index in [0.717, 1.165) is 29.9 Å². The third kappa shape index (κ3) is 2.88. The Bertz CT molecular complexity index is 885. The fourth-order valence-corrected chi connectivity index (χ4v) is 3.75. The monoisotopic (exact) mass is 334 g/mol. The highest BCUT2D eigenvalue weighted by Gasteiger charge is 2.32. The number of nitrogens with zero attached hydrogens (tertiary/aromatic N) is 1. The maximum Gasteiger partial charge on any atom is 0.316 e. The number of esters is 1. The summed E-state index contributed by atoms with van der Waals surface area (Å²) in [5, 5.41) is 1.21. The van der Waals surface area contributed by atoms with Gasteiger partial charge in [0.15, 0.2) is 0 Å². The Kier molecular flexibility index (Phi) is 4.18. The lowest BCUT2D eigenvalue weighted by Crippen LogP contribution is -2.32. The van der Waals surface area contributed by atoms with Crippen molar-refractivity contribution in [3.05, 3.63) is 65.9 Å². The number of aromatic nitrogens is 1. The molecule has 128 valence electrons. The predicted molar refractivity (Wildman–Crippen MR) is 100 cm³/mol. The Morgan fingerprint density at radius 2 is 1.92 bits per heavy atom. The van der Waals surface area contributed by atoms with E-state index in [1.165, 1.54) is 10.9 Å². The van der Waals surface area contributed by atoms with E-state index in [4.69, 9.17) is 4.74 Å². The lowest BCUT2D eigenvalue weighted by Gasteiger charge is -2.25. The minimum absolute atomic E-state index is 0.155. The number of anilines is 1. The highest BCUT2D eigenvalue weighted by atomic mass is 16.5. The summed E-state index contributed by atoms with van der Waals surface area (Å²) < 4.78 is 5.39. The van der Waals surface area contributed by atoms with Crippen molar-refractivity contribution in [2.24, 2.45) is 0 Å². The molecule has 4 nitrogen and oxygen atoms in total. The van der Waals surface area contributed by atoms with Gasteiger partial charge in [-0.25, -0.2) is 0 Å². The molecule has 1 N–H and O–H groups in total. The maximum atomic E-state index is 12.7. The van der Waals surface area contributed by atoms with E-state index in [-0.39, 0.29) is 11.9 Å². The van der Waals surface area contributed by atoms with Crippen LogP contribution in [0.2, 0.25) is 0 Å². The molecule has 0 fully saturated rings. The van der Waals surface area contributed by atoms with Crippen LogP contribution in [0.25, 0.3) is 10.9 Å². The number of aromatic amines is 1. The Balaban J connectivity index is 1.78. The Hall–Kier alpha value is -2.75. The van der Waals surface area contributed by atoms with Gasteiger partial charge in [0.05, 0.1) is 6.61 Å². The second-order valence-corrected chi connectivity index (χ2v) is 6.40. The van der Waals surface area contributed by atoms with Crippen LogP contribution in [-0.4, -0.2) is 30.6 Å². The summed E-state index contributed by atoms with van der Waals surface area (Å²) in [5.41, 5.74) is 4.49. The van der Waals surface area contributed by atoms with Gasteiger partial charge in [-0.05, 0) is 37.1 Å². The van der Waals surface area contributed by atoms with Gasteiger partial charge in [-0.3, -0.25) is 4.79 Å². The van der Waals surface area contributed by atoms with Gasteiger partial charge >= 0.3 is 5.97 Å². The molecular formula is C21H22N2O2. The third-order valence-corrected chi connectivity index (χ3v) is 4.92. The molecule has 0 spiro atoms. The van der Waals surface area contributed by atoms with Crippen molar-refractivity contribution in [2.75, 3.05) is 24.6 Å². The molecule has 0 amide bonds. The van der Waals surface area contributed by atoms with Crippen LogP contribution in [-0.2, 0) is 16.0 Å². The fourth-order valence-electron chi connectivity index (χ4n) is 3.75. The molecule has 1 aromatic heterocycles. The van der Waals surface area contributed by atoms with E-state index in [9.17, 15) is 4.79 Å². The number of benzene rings is 2. The normalized spacial score (nSPS) is 17.2. The molecule has 4 heteroatoms. The molecule has 0 aliphatic carbocycles. The lowest BCUT2D eigenvalue weighted by atomic mass is 10.00. The number of fused-ring (bicyclic) bond motifs is 3. The number of carbonyl (C=O) groups is 1. The molecule has 1 atom stereocenters. The summed E-state index contributed by atoms with van der Waals surface area (Å²) in [6, 6.07) is 18.6. The molecule has 0 saturated heterocycles. The van der Waals surface area contributed by atoms with Gasteiger partial charge in [0.1, 0.15) is 5.92 Å². The molecule has 2 heterocycles. The molecule has 3 aromatic rings. The van der Waals surface area contributed by atoms with Crippen molar-refractivity contribution >= 4 is 22.6 Å². The summed E-state index contributed by atoms with van der Waals surface area (Å²) in [4.78, 5) is 18.5. The zero-order valence-electron chi connectivity index (χ0n) is 14.4. The molecule has 2 aromatic carbocycles. The first kappa shape index (κ1) is 15.8. The Morgan fingerprint density at radius 3 is 2.72 bits per heavy atom. The van der Waals surface area contributed by atoms with Crippen LogP contribution in [0, 0.1) is 0 Å². The molecule has 1 unspecified atom stereocenters. The summed E-state index contributed by atoms with van der Waals surface area (Å²) in [7, 11) is 0. The average Bonchev–Trinajstić information content (AvgIpc) is 2.90. The topological polar surface area (TPSA) is 45.3 Å². The first-order chi connectivity index (χ1) is 12.3. The summed E-state index contributed by atoms with van der Waals surface area (Å²) in [6.07, 6.45) is 0.907. The number of carbonyl (C=O) groups excluding carboxylic acids is 1. The number of hydrogen-bond donors (Lipinski definition) is 1. The van der Waals surface area contributed by atoms with Crippen LogP contribution in [0.5, 0.6) is 0 Å². The summed E-state index contributed by atoms with van der Waals surface area (Å²) in [5.74, 6) is -0.455. The van der Waals surface area contributed by atoms with Crippen molar-refractivity contribution in [1.82, 2.24) is 4.98 Å². The minimum atomic E-state index is -0.301. The van der Waals surface area contributed by atoms with E-state index >= 15 is 0 Å². The molecule has 0 bridgehead atoms. The second-order valence-electron chi connectivity index (χ2n) is 6.40. The van der Waals surface area contributed by atoms with Gasteiger partial charge in [-0.2, -0.15) is 0 Å². The highest BCUT2D eigenvalue weighted by Crippen LogP contribution is 2.33. The van der Waals surface area contributed by atoms with E-state index in [0.29, 0.717) is 13.2 Å². The number of rotatable bonds is 3. The fraction of sp³-hybridized carbons (Fsp3) is 0.286.